The van der Waals surface area contributed by atoms with Gasteiger partial charge in [-0.2, -0.15) is 26.3 Å². The molecule has 19 heteroatoms. The molecule has 1 aromatic heterocycles. The number of thiol groups is 1. The first-order valence-electron chi connectivity index (χ1n) is 21.9. The molecule has 7 rings (SSSR count). The Morgan fingerprint density at radius 2 is 1.13 bits per heavy atom. The van der Waals surface area contributed by atoms with E-state index in [1.54, 1.807) is 0 Å². The zero-order valence-electron chi connectivity index (χ0n) is 38.0. The van der Waals surface area contributed by atoms with Gasteiger partial charge in [0.15, 0.2) is 10.9 Å². The van der Waals surface area contributed by atoms with E-state index in [1.165, 1.54) is 63.0 Å². The number of carbonyl (C=O) groups excluding carboxylic acids is 2. The number of nitrogens with one attached hydrogen (secondary N) is 2. The Kier molecular flexibility index (Phi) is 24.6. The van der Waals surface area contributed by atoms with Crippen LogP contribution in [0.4, 0.5) is 48.7 Å². The SMILES string of the molecule is CC.CC.Nc1nc(Nc2ccc(OCCN3CCCC3)cc2)sc1C(=O)c1cccc(C(F)(F)F)c1.O=C(CBr)c1cccc(C(F)(F)F)c1.SNc1ccc(OCCN2CCCC2)cc1. The number of likely N-dealkylation sites (tertiary alicyclic amines) is 2. The average molecular weight is 1040 g/mol. The number of carbonyl (C=O) groups is 2. The number of Topliss-reactive ketones (excluding diaryl/α,β-unsaturated/α-hetero) is 1. The van der Waals surface area contributed by atoms with E-state index >= 15 is 0 Å². The number of nitrogen functional groups attached to an aromatic ring is 1. The second kappa shape index (κ2) is 29.2. The molecule has 0 aliphatic carbocycles. The van der Waals surface area contributed by atoms with E-state index in [4.69, 9.17) is 15.2 Å². The first-order valence-corrected chi connectivity index (χ1v) is 24.3. The largest absolute Gasteiger partial charge is 0.492 e. The summed E-state index contributed by atoms with van der Waals surface area (Å²) in [4.78, 5) is 32.9. The second-order valence-corrected chi connectivity index (χ2v) is 16.1. The van der Waals surface area contributed by atoms with Crippen LogP contribution in [0.2, 0.25) is 0 Å². The summed E-state index contributed by atoms with van der Waals surface area (Å²) in [5.74, 6) is 0.666. The Labute approximate surface area is 407 Å². The molecule has 0 radical (unpaired) electrons. The van der Waals surface area contributed by atoms with Crippen LogP contribution in [0.25, 0.3) is 0 Å². The average Bonchev–Trinajstić information content (AvgIpc) is 4.14. The van der Waals surface area contributed by atoms with Crippen LogP contribution >= 0.6 is 40.1 Å². The van der Waals surface area contributed by atoms with Gasteiger partial charge in [0, 0.05) is 35.6 Å². The van der Waals surface area contributed by atoms with Crippen LogP contribution in [0, 0.1) is 0 Å². The number of thiazole rings is 1. The van der Waals surface area contributed by atoms with Crippen molar-refractivity contribution in [1.29, 1.82) is 0 Å². The molecule has 0 bridgehead atoms. The van der Waals surface area contributed by atoms with Crippen molar-refractivity contribution in [1.82, 2.24) is 14.8 Å². The molecule has 10 nitrogen and oxygen atoms in total. The standard InChI is InChI=1S/C23H23F3N4O2S.C12H18N2OS.C9H6BrF3O.2C2H6/c24-23(25,26)16-5-3-4-15(14-16)19(31)20-21(27)29-22(33-20)28-17-6-8-18(9-7-17)32-13-12-30-10-1-2-11-30;16-13-11-3-5-12(6-4-11)15-10-9-14-7-1-2-8-14;10-5-8(14)6-2-1-3-7(4-6)9(11,12)13;2*1-2/h3-9,14H,1-2,10-13,27H2,(H,28,29);3-6,13,16H,1-2,7-10H2;1-4H,5H2;2*1-2H3. The van der Waals surface area contributed by atoms with Crippen molar-refractivity contribution in [3.05, 3.63) is 124 Å². The van der Waals surface area contributed by atoms with Gasteiger partial charge >= 0.3 is 12.4 Å². The third kappa shape index (κ3) is 19.4. The number of alkyl halides is 7. The van der Waals surface area contributed by atoms with E-state index < -0.39 is 29.3 Å². The molecule has 4 aromatic carbocycles. The summed E-state index contributed by atoms with van der Waals surface area (Å²) in [6.07, 6.45) is -3.77. The molecule has 2 saturated heterocycles. The molecule has 5 aromatic rings. The third-order valence-corrected chi connectivity index (χ3v) is 11.5. The van der Waals surface area contributed by atoms with Crippen LogP contribution < -0.4 is 25.2 Å². The van der Waals surface area contributed by atoms with Crippen LogP contribution in [-0.2, 0) is 12.4 Å². The van der Waals surface area contributed by atoms with Gasteiger partial charge < -0.3 is 25.2 Å². The Morgan fingerprint density at radius 1 is 0.701 bits per heavy atom. The van der Waals surface area contributed by atoms with Gasteiger partial charge in [-0.05, 0) is 125 Å². The molecule has 0 saturated carbocycles. The summed E-state index contributed by atoms with van der Waals surface area (Å²) in [5, 5.41) is 3.45. The summed E-state index contributed by atoms with van der Waals surface area (Å²) in [6, 6.07) is 23.8. The highest BCUT2D eigenvalue weighted by molar-refractivity contribution is 9.09. The lowest BCUT2D eigenvalue weighted by Gasteiger charge is -2.15. The number of hydrogen-bond acceptors (Lipinski definition) is 12. The fourth-order valence-electron chi connectivity index (χ4n) is 6.44. The first-order chi connectivity index (χ1) is 32.1. The Balaban J connectivity index is 0.000000291. The number of anilines is 4. The predicted octanol–water partition coefficient (Wildman–Crippen LogP) is 12.9. The van der Waals surface area contributed by atoms with Gasteiger partial charge in [-0.1, -0.05) is 92.0 Å². The molecule has 0 atom stereocenters. The van der Waals surface area contributed by atoms with Gasteiger partial charge in [-0.25, -0.2) is 4.98 Å². The van der Waals surface area contributed by atoms with E-state index in [-0.39, 0.29) is 32.9 Å². The molecule has 2 aliphatic heterocycles. The van der Waals surface area contributed by atoms with Crippen molar-refractivity contribution < 1.29 is 45.4 Å². The van der Waals surface area contributed by atoms with E-state index in [9.17, 15) is 35.9 Å². The number of hydrogen-bond donors (Lipinski definition) is 4. The molecule has 4 N–H and O–H groups in total. The number of halogens is 7. The minimum absolute atomic E-state index is 0.0221. The lowest BCUT2D eigenvalue weighted by atomic mass is 10.1. The zero-order chi connectivity index (χ0) is 49.4. The van der Waals surface area contributed by atoms with Crippen LogP contribution in [0.5, 0.6) is 11.5 Å². The second-order valence-electron chi connectivity index (χ2n) is 14.4. The number of nitrogens with zero attached hydrogens (tertiary/aromatic N) is 3. The summed E-state index contributed by atoms with van der Waals surface area (Å²) >= 11 is 7.86. The van der Waals surface area contributed by atoms with E-state index in [0.717, 1.165) is 85.6 Å². The Bertz CT molecular complexity index is 2220. The van der Waals surface area contributed by atoms with Gasteiger partial charge in [0.05, 0.1) is 16.5 Å². The number of ketones is 2. The molecule has 67 heavy (non-hydrogen) atoms. The van der Waals surface area contributed by atoms with Gasteiger partial charge in [-0.15, -0.1) is 0 Å². The highest BCUT2D eigenvalue weighted by Crippen LogP contribution is 2.34. The van der Waals surface area contributed by atoms with Crippen molar-refractivity contribution in [3.63, 3.8) is 0 Å². The Hall–Kier alpha value is -4.82. The molecule has 0 spiro atoms. The summed E-state index contributed by atoms with van der Waals surface area (Å²) in [5.41, 5.74) is 5.86. The van der Waals surface area contributed by atoms with Crippen molar-refractivity contribution in [2.24, 2.45) is 0 Å². The third-order valence-electron chi connectivity index (χ3n) is 9.78. The minimum atomic E-state index is -4.54. The number of rotatable bonds is 15. The van der Waals surface area contributed by atoms with Gasteiger partial charge in [-0.3, -0.25) is 19.4 Å². The van der Waals surface area contributed by atoms with Crippen molar-refractivity contribution in [2.75, 3.05) is 73.6 Å². The summed E-state index contributed by atoms with van der Waals surface area (Å²) in [6.45, 7) is 16.0. The topological polar surface area (TPSA) is 122 Å². The monoisotopic (exact) mass is 1040 g/mol. The molecular weight excluding hydrogens is 983 g/mol. The molecule has 0 amide bonds. The summed E-state index contributed by atoms with van der Waals surface area (Å²) < 4.78 is 89.8. The van der Waals surface area contributed by atoms with E-state index in [1.807, 2.05) is 76.2 Å². The van der Waals surface area contributed by atoms with Gasteiger partial charge in [0.1, 0.15) is 35.4 Å². The number of ether oxygens (including phenoxy) is 2. The van der Waals surface area contributed by atoms with Crippen LogP contribution in [0.3, 0.4) is 0 Å². The quantitative estimate of drug-likeness (QED) is 0.0349. The van der Waals surface area contributed by atoms with Crippen LogP contribution in [0.1, 0.15) is 90.1 Å². The van der Waals surface area contributed by atoms with Crippen LogP contribution in [-0.4, -0.2) is 84.2 Å². The highest BCUT2D eigenvalue weighted by Gasteiger charge is 2.32. The lowest BCUT2D eigenvalue weighted by Crippen LogP contribution is -2.25. The smallest absolute Gasteiger partial charge is 0.416 e. The molecular formula is C48H59BrF6N6O4S2. The van der Waals surface area contributed by atoms with Crippen molar-refractivity contribution >= 4 is 74.0 Å². The number of aromatic nitrogens is 1. The lowest BCUT2D eigenvalue weighted by molar-refractivity contribution is -0.138. The predicted molar refractivity (Wildman–Crippen MR) is 265 cm³/mol. The maximum absolute atomic E-state index is 13.0. The first kappa shape index (κ1) is 56.5. The number of benzene rings is 4. The minimum Gasteiger partial charge on any atom is -0.492 e. The van der Waals surface area contributed by atoms with Gasteiger partial charge in [0.25, 0.3) is 0 Å². The van der Waals surface area contributed by atoms with Gasteiger partial charge in [0.2, 0.25) is 5.78 Å². The van der Waals surface area contributed by atoms with E-state index in [0.29, 0.717) is 17.4 Å². The fourth-order valence-corrected chi connectivity index (χ4v) is 7.78. The summed E-state index contributed by atoms with van der Waals surface area (Å²) in [7, 11) is 0. The van der Waals surface area contributed by atoms with Crippen molar-refractivity contribution in [3.8, 4) is 11.5 Å². The highest BCUT2D eigenvalue weighted by atomic mass is 79.9. The Morgan fingerprint density at radius 3 is 1.57 bits per heavy atom. The molecule has 366 valence electrons. The maximum Gasteiger partial charge on any atom is 0.416 e. The van der Waals surface area contributed by atoms with Crippen LogP contribution in [0.15, 0.2) is 97.1 Å². The normalized spacial score (nSPS) is 13.6. The maximum atomic E-state index is 13.0. The molecule has 2 fully saturated rings. The number of nitrogens with two attached hydrogens (primary N) is 1. The molecule has 0 unspecified atom stereocenters. The zero-order valence-corrected chi connectivity index (χ0v) is 41.3. The fraction of sp³-hybridized carbons (Fsp3) is 0.396. The molecule has 2 aliphatic rings. The molecule has 3 heterocycles. The van der Waals surface area contributed by atoms with Crippen molar-refractivity contribution in [2.45, 2.75) is 65.7 Å². The van der Waals surface area contributed by atoms with E-state index in [2.05, 4.69) is 53.6 Å².